The minimum atomic E-state index is -0.265. The second-order valence-corrected chi connectivity index (χ2v) is 9.31. The van der Waals surface area contributed by atoms with E-state index in [9.17, 15) is 9.59 Å². The third-order valence-corrected chi connectivity index (χ3v) is 7.06. The van der Waals surface area contributed by atoms with Gasteiger partial charge in [0.25, 0.3) is 11.8 Å². The van der Waals surface area contributed by atoms with Crippen molar-refractivity contribution in [1.29, 1.82) is 0 Å². The topological polar surface area (TPSA) is 77.4 Å². The monoisotopic (exact) mass is 494 g/mol. The standard InChI is InChI=1S/C24H19BrN2O5/c25-17-4-6-18(30-11-13-1-5-19-20(7-13)32-12-31-19)16(9-17)10-26-27-23(28)21-14-2-3-15(8-14)22(21)24(27)29/h1-7,9-10,14-15,21-22H,8,11-12H2/t14-,15-,21-,22+/m0/s1. The maximum atomic E-state index is 12.9. The number of amides is 2. The summed E-state index contributed by atoms with van der Waals surface area (Å²) in [4.78, 5) is 25.7. The normalized spacial score (nSPS) is 27.1. The van der Waals surface area contributed by atoms with Crippen molar-refractivity contribution in [3.8, 4) is 17.2 Å². The highest BCUT2D eigenvalue weighted by atomic mass is 79.9. The Hall–Kier alpha value is -3.13. The summed E-state index contributed by atoms with van der Waals surface area (Å²) in [5.41, 5.74) is 1.60. The number of allylic oxidation sites excluding steroid dienone is 2. The van der Waals surface area contributed by atoms with Crippen LogP contribution in [0, 0.1) is 23.7 Å². The molecule has 7 nitrogen and oxygen atoms in total. The Balaban J connectivity index is 1.21. The van der Waals surface area contributed by atoms with E-state index in [1.54, 1.807) is 0 Å². The van der Waals surface area contributed by atoms with Gasteiger partial charge < -0.3 is 14.2 Å². The lowest BCUT2D eigenvalue weighted by atomic mass is 9.85. The van der Waals surface area contributed by atoms with Gasteiger partial charge in [-0.3, -0.25) is 9.59 Å². The highest BCUT2D eigenvalue weighted by Crippen LogP contribution is 2.52. The minimum Gasteiger partial charge on any atom is -0.488 e. The van der Waals surface area contributed by atoms with Gasteiger partial charge in [0.05, 0.1) is 18.1 Å². The van der Waals surface area contributed by atoms with Crippen molar-refractivity contribution >= 4 is 34.0 Å². The molecule has 2 amide bonds. The summed E-state index contributed by atoms with van der Waals surface area (Å²) in [5, 5.41) is 5.33. The maximum absolute atomic E-state index is 12.9. The zero-order valence-corrected chi connectivity index (χ0v) is 18.5. The Morgan fingerprint density at radius 1 is 1.03 bits per heavy atom. The number of hydrogen-bond acceptors (Lipinski definition) is 6. The van der Waals surface area contributed by atoms with Crippen LogP contribution in [0.1, 0.15) is 17.5 Å². The minimum absolute atomic E-state index is 0.160. The molecule has 0 unspecified atom stereocenters. The van der Waals surface area contributed by atoms with Crippen LogP contribution in [0.2, 0.25) is 0 Å². The van der Waals surface area contributed by atoms with E-state index in [0.29, 0.717) is 23.7 Å². The first kappa shape index (κ1) is 19.5. The largest absolute Gasteiger partial charge is 0.488 e. The number of nitrogens with zero attached hydrogens (tertiary/aromatic N) is 2. The van der Waals surface area contributed by atoms with Crippen molar-refractivity contribution in [3.63, 3.8) is 0 Å². The molecule has 0 N–H and O–H groups in total. The number of hydrazone groups is 1. The van der Waals surface area contributed by atoms with Gasteiger partial charge in [-0.1, -0.05) is 34.1 Å². The summed E-state index contributed by atoms with van der Waals surface area (Å²) in [6, 6.07) is 11.2. The van der Waals surface area contributed by atoms with Crippen LogP contribution in [0.3, 0.4) is 0 Å². The van der Waals surface area contributed by atoms with Crippen LogP contribution in [-0.4, -0.2) is 29.8 Å². The second-order valence-electron chi connectivity index (χ2n) is 8.39. The maximum Gasteiger partial charge on any atom is 0.254 e. The number of carbonyl (C=O) groups excluding carboxylic acids is 2. The molecule has 32 heavy (non-hydrogen) atoms. The van der Waals surface area contributed by atoms with Crippen molar-refractivity contribution in [3.05, 3.63) is 64.1 Å². The molecule has 2 bridgehead atoms. The predicted octanol–water partition coefficient (Wildman–Crippen LogP) is 3.90. The fraction of sp³-hybridized carbons (Fsp3) is 0.292. The average molecular weight is 495 g/mol. The average Bonchev–Trinajstić information content (AvgIpc) is 3.56. The van der Waals surface area contributed by atoms with Gasteiger partial charge in [-0.05, 0) is 54.2 Å². The molecule has 4 atom stereocenters. The first-order valence-corrected chi connectivity index (χ1v) is 11.3. The molecule has 6 rings (SSSR count). The molecule has 0 radical (unpaired) electrons. The fourth-order valence-corrected chi connectivity index (χ4v) is 5.44. The summed E-state index contributed by atoms with van der Waals surface area (Å²) in [6.45, 7) is 0.542. The van der Waals surface area contributed by atoms with Gasteiger partial charge in [0.2, 0.25) is 6.79 Å². The summed E-state index contributed by atoms with van der Waals surface area (Å²) in [7, 11) is 0. The molecule has 8 heteroatoms. The van der Waals surface area contributed by atoms with Crippen molar-refractivity contribution in [2.45, 2.75) is 13.0 Å². The van der Waals surface area contributed by atoms with Crippen LogP contribution >= 0.6 is 15.9 Å². The van der Waals surface area contributed by atoms with Crippen LogP contribution in [0.5, 0.6) is 17.2 Å². The van der Waals surface area contributed by atoms with Gasteiger partial charge in [-0.25, -0.2) is 0 Å². The first-order chi connectivity index (χ1) is 15.6. The molecule has 2 aliphatic carbocycles. The molecular weight excluding hydrogens is 476 g/mol. The lowest BCUT2D eigenvalue weighted by Crippen LogP contribution is -2.28. The molecule has 2 aromatic rings. The Morgan fingerprint density at radius 2 is 1.78 bits per heavy atom. The zero-order chi connectivity index (χ0) is 21.8. The Morgan fingerprint density at radius 3 is 2.56 bits per heavy atom. The summed E-state index contributed by atoms with van der Waals surface area (Å²) >= 11 is 3.46. The van der Waals surface area contributed by atoms with E-state index in [1.165, 1.54) is 6.21 Å². The molecule has 0 aromatic heterocycles. The molecule has 0 spiro atoms. The van der Waals surface area contributed by atoms with Crippen LogP contribution in [0.25, 0.3) is 0 Å². The highest BCUT2D eigenvalue weighted by molar-refractivity contribution is 9.10. The molecule has 2 aromatic carbocycles. The van der Waals surface area contributed by atoms with Crippen LogP contribution in [0.4, 0.5) is 0 Å². The number of benzene rings is 2. The molecule has 4 aliphatic rings. The lowest BCUT2D eigenvalue weighted by molar-refractivity contribution is -0.140. The highest BCUT2D eigenvalue weighted by Gasteiger charge is 2.59. The number of halogens is 1. The number of ether oxygens (including phenoxy) is 3. The number of rotatable bonds is 5. The predicted molar refractivity (Wildman–Crippen MR) is 118 cm³/mol. The van der Waals surface area contributed by atoms with Crippen LogP contribution in [0.15, 0.2) is 58.1 Å². The van der Waals surface area contributed by atoms with E-state index in [1.807, 2.05) is 36.4 Å². The molecule has 162 valence electrons. The molecule has 2 aliphatic heterocycles. The van der Waals surface area contributed by atoms with Crippen molar-refractivity contribution in [2.24, 2.45) is 28.8 Å². The molecule has 1 saturated carbocycles. The number of imide groups is 1. The number of fused-ring (bicyclic) bond motifs is 6. The Kier molecular flexibility index (Phi) is 4.57. The first-order valence-electron chi connectivity index (χ1n) is 10.5. The quantitative estimate of drug-likeness (QED) is 0.357. The summed E-state index contributed by atoms with van der Waals surface area (Å²) < 4.78 is 17.6. The van der Waals surface area contributed by atoms with Crippen molar-refractivity contribution in [2.75, 3.05) is 6.79 Å². The van der Waals surface area contributed by atoms with Crippen molar-refractivity contribution in [1.82, 2.24) is 5.01 Å². The SMILES string of the molecule is O=C1[C@@H]2[C@H](C(=O)N1N=Cc1cc(Br)ccc1OCc1ccc3c(c1)OCO3)[C@H]1C=C[C@H]2C1. The molecule has 1 saturated heterocycles. The van der Waals surface area contributed by atoms with Crippen LogP contribution in [-0.2, 0) is 16.2 Å². The number of hydrogen-bond donors (Lipinski definition) is 0. The summed E-state index contributed by atoms with van der Waals surface area (Å²) in [6.07, 6.45) is 6.56. The van der Waals surface area contributed by atoms with Gasteiger partial charge in [-0.15, -0.1) is 0 Å². The van der Waals surface area contributed by atoms with Gasteiger partial charge in [0.15, 0.2) is 11.5 Å². The van der Waals surface area contributed by atoms with E-state index < -0.39 is 0 Å². The Labute approximate surface area is 192 Å². The van der Waals surface area contributed by atoms with Crippen molar-refractivity contribution < 1.29 is 23.8 Å². The Bertz CT molecular complexity index is 1160. The van der Waals surface area contributed by atoms with Gasteiger partial charge in [0.1, 0.15) is 12.4 Å². The third-order valence-electron chi connectivity index (χ3n) is 6.56. The second kappa shape index (κ2) is 7.48. The van der Waals surface area contributed by atoms with E-state index in [-0.39, 0.29) is 42.3 Å². The van der Waals surface area contributed by atoms with Gasteiger partial charge in [0, 0.05) is 10.0 Å². The molecular formula is C24H19BrN2O5. The van der Waals surface area contributed by atoms with Crippen LogP contribution < -0.4 is 14.2 Å². The smallest absolute Gasteiger partial charge is 0.254 e. The van der Waals surface area contributed by atoms with E-state index in [4.69, 9.17) is 14.2 Å². The fourth-order valence-electron chi connectivity index (χ4n) is 5.06. The molecule has 2 heterocycles. The van der Waals surface area contributed by atoms with Gasteiger partial charge in [-0.2, -0.15) is 10.1 Å². The van der Waals surface area contributed by atoms with Gasteiger partial charge >= 0.3 is 0 Å². The molecule has 2 fully saturated rings. The lowest BCUT2D eigenvalue weighted by Gasteiger charge is -2.13. The zero-order valence-electron chi connectivity index (χ0n) is 16.9. The van der Waals surface area contributed by atoms with E-state index in [0.717, 1.165) is 27.2 Å². The number of carbonyl (C=O) groups is 2. The van der Waals surface area contributed by atoms with E-state index in [2.05, 4.69) is 33.2 Å². The summed E-state index contributed by atoms with van der Waals surface area (Å²) in [5.74, 6) is 1.40. The third kappa shape index (κ3) is 3.12. The van der Waals surface area contributed by atoms with E-state index >= 15 is 0 Å².